The monoisotopic (exact) mass is 287 g/mol. The summed E-state index contributed by atoms with van der Waals surface area (Å²) in [5.74, 6) is 1.32. The Labute approximate surface area is 126 Å². The predicted octanol–water partition coefficient (Wildman–Crippen LogP) is 3.00. The number of aryl methyl sites for hydroxylation is 2. The fraction of sp³-hybridized carbons (Fsp3) is 0.529. The molecular weight excluding hydrogens is 262 g/mol. The van der Waals surface area contributed by atoms with E-state index in [1.54, 1.807) is 6.33 Å². The molecule has 0 fully saturated rings. The van der Waals surface area contributed by atoms with E-state index >= 15 is 0 Å². The van der Waals surface area contributed by atoms with Crippen LogP contribution in [0.2, 0.25) is 0 Å². The SMILES string of the molecule is Cc1ccc(C(C)(O)Cc2ncnn2CC(C)C)cc1C. The summed E-state index contributed by atoms with van der Waals surface area (Å²) in [6.07, 6.45) is 2.02. The van der Waals surface area contributed by atoms with Gasteiger partial charge in [-0.3, -0.25) is 0 Å². The highest BCUT2D eigenvalue weighted by atomic mass is 16.3. The molecule has 0 aliphatic rings. The Bertz CT molecular complexity index is 614. The zero-order valence-corrected chi connectivity index (χ0v) is 13.6. The van der Waals surface area contributed by atoms with Crippen molar-refractivity contribution in [2.45, 2.75) is 53.2 Å². The zero-order chi connectivity index (χ0) is 15.6. The number of nitrogens with zero attached hydrogens (tertiary/aromatic N) is 3. The second kappa shape index (κ2) is 5.98. The molecular formula is C17H25N3O. The summed E-state index contributed by atoms with van der Waals surface area (Å²) in [4.78, 5) is 4.31. The van der Waals surface area contributed by atoms with Crippen molar-refractivity contribution in [1.82, 2.24) is 14.8 Å². The van der Waals surface area contributed by atoms with Gasteiger partial charge in [-0.1, -0.05) is 32.0 Å². The van der Waals surface area contributed by atoms with E-state index in [9.17, 15) is 5.11 Å². The smallest absolute Gasteiger partial charge is 0.138 e. The van der Waals surface area contributed by atoms with Gasteiger partial charge in [0.2, 0.25) is 0 Å². The van der Waals surface area contributed by atoms with Crippen LogP contribution in [0.5, 0.6) is 0 Å². The minimum absolute atomic E-state index is 0.461. The van der Waals surface area contributed by atoms with Crippen molar-refractivity contribution < 1.29 is 5.11 Å². The quantitative estimate of drug-likeness (QED) is 0.919. The summed E-state index contributed by atoms with van der Waals surface area (Å²) in [5.41, 5.74) is 2.40. The van der Waals surface area contributed by atoms with Crippen LogP contribution < -0.4 is 0 Å². The Kier molecular flexibility index (Phi) is 4.47. The molecule has 0 radical (unpaired) electrons. The molecule has 2 rings (SSSR count). The number of aliphatic hydroxyl groups is 1. The van der Waals surface area contributed by atoms with Crippen LogP contribution >= 0.6 is 0 Å². The largest absolute Gasteiger partial charge is 0.385 e. The van der Waals surface area contributed by atoms with E-state index in [1.807, 2.05) is 17.7 Å². The highest BCUT2D eigenvalue weighted by Gasteiger charge is 2.26. The minimum atomic E-state index is -0.944. The van der Waals surface area contributed by atoms with Crippen molar-refractivity contribution in [2.75, 3.05) is 0 Å². The molecule has 21 heavy (non-hydrogen) atoms. The highest BCUT2D eigenvalue weighted by molar-refractivity contribution is 5.33. The van der Waals surface area contributed by atoms with Crippen molar-refractivity contribution in [3.05, 3.63) is 47.0 Å². The van der Waals surface area contributed by atoms with Crippen molar-refractivity contribution >= 4 is 0 Å². The third-order valence-electron chi connectivity index (χ3n) is 3.86. The number of rotatable bonds is 5. The molecule has 1 N–H and O–H groups in total. The maximum Gasteiger partial charge on any atom is 0.138 e. The van der Waals surface area contributed by atoms with E-state index in [-0.39, 0.29) is 0 Å². The Morgan fingerprint density at radius 1 is 1.24 bits per heavy atom. The second-order valence-corrected chi connectivity index (χ2v) is 6.50. The van der Waals surface area contributed by atoms with Gasteiger partial charge in [0.05, 0.1) is 5.60 Å². The van der Waals surface area contributed by atoms with Crippen LogP contribution in [0.25, 0.3) is 0 Å². The second-order valence-electron chi connectivity index (χ2n) is 6.50. The van der Waals surface area contributed by atoms with Crippen LogP contribution in [0.15, 0.2) is 24.5 Å². The lowest BCUT2D eigenvalue weighted by molar-refractivity contribution is 0.0539. The third kappa shape index (κ3) is 3.70. The van der Waals surface area contributed by atoms with Gasteiger partial charge in [0.25, 0.3) is 0 Å². The molecule has 0 saturated heterocycles. The van der Waals surface area contributed by atoms with Crippen LogP contribution in [0.1, 0.15) is 43.3 Å². The van der Waals surface area contributed by atoms with Gasteiger partial charge in [0, 0.05) is 13.0 Å². The van der Waals surface area contributed by atoms with Crippen molar-refractivity contribution in [2.24, 2.45) is 5.92 Å². The van der Waals surface area contributed by atoms with E-state index in [0.29, 0.717) is 12.3 Å². The molecule has 2 aromatic rings. The average molecular weight is 287 g/mol. The fourth-order valence-corrected chi connectivity index (χ4v) is 2.41. The van der Waals surface area contributed by atoms with Crippen LogP contribution in [-0.2, 0) is 18.6 Å². The van der Waals surface area contributed by atoms with Gasteiger partial charge in [-0.15, -0.1) is 0 Å². The molecule has 114 valence electrons. The summed E-state index contributed by atoms with van der Waals surface area (Å²) in [6.45, 7) is 11.1. The molecule has 0 aliphatic heterocycles. The Balaban J connectivity index is 2.24. The standard InChI is InChI=1S/C17H25N3O/c1-12(2)10-20-16(18-11-19-20)9-17(5,21)15-7-6-13(3)14(4)8-15/h6-8,11-12,21H,9-10H2,1-5H3. The van der Waals surface area contributed by atoms with Crippen molar-refractivity contribution in [3.8, 4) is 0 Å². The summed E-state index contributed by atoms with van der Waals surface area (Å²) in [7, 11) is 0. The number of hydrogen-bond donors (Lipinski definition) is 1. The molecule has 1 aromatic carbocycles. The van der Waals surface area contributed by atoms with Crippen molar-refractivity contribution in [1.29, 1.82) is 0 Å². The molecule has 0 spiro atoms. The van der Waals surface area contributed by atoms with E-state index in [2.05, 4.69) is 49.9 Å². The first kappa shape index (κ1) is 15.7. The molecule has 1 unspecified atom stereocenters. The number of aromatic nitrogens is 3. The summed E-state index contributed by atoms with van der Waals surface area (Å²) in [5, 5.41) is 15.1. The van der Waals surface area contributed by atoms with Crippen LogP contribution in [0, 0.1) is 19.8 Å². The lowest BCUT2D eigenvalue weighted by Gasteiger charge is -2.24. The van der Waals surface area contributed by atoms with Gasteiger partial charge in [0.1, 0.15) is 12.2 Å². The van der Waals surface area contributed by atoms with Gasteiger partial charge < -0.3 is 5.11 Å². The Hall–Kier alpha value is -1.68. The van der Waals surface area contributed by atoms with Gasteiger partial charge in [-0.05, 0) is 43.4 Å². The molecule has 0 saturated carbocycles. The van der Waals surface area contributed by atoms with Crippen molar-refractivity contribution in [3.63, 3.8) is 0 Å². The van der Waals surface area contributed by atoms with Gasteiger partial charge >= 0.3 is 0 Å². The average Bonchev–Trinajstić information content (AvgIpc) is 2.78. The highest BCUT2D eigenvalue weighted by Crippen LogP contribution is 2.26. The first-order valence-electron chi connectivity index (χ1n) is 7.46. The van der Waals surface area contributed by atoms with E-state index in [0.717, 1.165) is 17.9 Å². The lowest BCUT2D eigenvalue weighted by Crippen LogP contribution is -2.27. The molecule has 0 aliphatic carbocycles. The van der Waals surface area contributed by atoms with Gasteiger partial charge in [0.15, 0.2) is 0 Å². The molecule has 1 heterocycles. The van der Waals surface area contributed by atoms with Gasteiger partial charge in [-0.2, -0.15) is 5.10 Å². The lowest BCUT2D eigenvalue weighted by atomic mass is 9.90. The van der Waals surface area contributed by atoms with Crippen LogP contribution in [0.4, 0.5) is 0 Å². The summed E-state index contributed by atoms with van der Waals surface area (Å²) < 4.78 is 1.89. The molecule has 4 nitrogen and oxygen atoms in total. The molecule has 0 bridgehead atoms. The zero-order valence-electron chi connectivity index (χ0n) is 13.6. The summed E-state index contributed by atoms with van der Waals surface area (Å²) >= 11 is 0. The van der Waals surface area contributed by atoms with E-state index < -0.39 is 5.60 Å². The van der Waals surface area contributed by atoms with Gasteiger partial charge in [-0.25, -0.2) is 9.67 Å². The molecule has 1 aromatic heterocycles. The molecule has 0 amide bonds. The van der Waals surface area contributed by atoms with Crippen LogP contribution in [-0.4, -0.2) is 19.9 Å². The molecule has 1 atom stereocenters. The van der Waals surface area contributed by atoms with E-state index in [1.165, 1.54) is 11.1 Å². The van der Waals surface area contributed by atoms with Crippen LogP contribution in [0.3, 0.4) is 0 Å². The fourth-order valence-electron chi connectivity index (χ4n) is 2.41. The maximum atomic E-state index is 10.9. The van der Waals surface area contributed by atoms with E-state index in [4.69, 9.17) is 0 Å². The first-order chi connectivity index (χ1) is 9.79. The topological polar surface area (TPSA) is 50.9 Å². The first-order valence-corrected chi connectivity index (χ1v) is 7.46. The number of hydrogen-bond acceptors (Lipinski definition) is 3. The maximum absolute atomic E-state index is 10.9. The number of benzene rings is 1. The normalized spacial score (nSPS) is 14.4. The third-order valence-corrected chi connectivity index (χ3v) is 3.86. The summed E-state index contributed by atoms with van der Waals surface area (Å²) in [6, 6.07) is 6.10. The Morgan fingerprint density at radius 2 is 1.95 bits per heavy atom. The predicted molar refractivity (Wildman–Crippen MR) is 84.1 cm³/mol. The Morgan fingerprint density at radius 3 is 2.57 bits per heavy atom. The molecule has 4 heteroatoms. The minimum Gasteiger partial charge on any atom is -0.385 e.